The van der Waals surface area contributed by atoms with E-state index >= 15 is 8.78 Å². The van der Waals surface area contributed by atoms with Crippen LogP contribution in [0.3, 0.4) is 0 Å². The fourth-order valence-corrected chi connectivity index (χ4v) is 4.98. The van der Waals surface area contributed by atoms with Crippen LogP contribution in [-0.4, -0.2) is 66.8 Å². The third-order valence-corrected chi connectivity index (χ3v) is 6.22. The molecule has 1 unspecified atom stereocenters. The van der Waals surface area contributed by atoms with E-state index in [0.29, 0.717) is 0 Å². The van der Waals surface area contributed by atoms with Crippen LogP contribution in [-0.2, 0) is 23.4 Å². The molecule has 2 atom stereocenters. The van der Waals surface area contributed by atoms with Crippen LogP contribution in [0.1, 0.15) is 31.4 Å². The Kier molecular flexibility index (Phi) is 7.72. The quantitative estimate of drug-likeness (QED) is 0.394. The molecule has 2 aliphatic rings. The predicted octanol–water partition coefficient (Wildman–Crippen LogP) is 1.35. The Balaban J connectivity index is 1.99. The summed E-state index contributed by atoms with van der Waals surface area (Å²) in [5.41, 5.74) is -2.41. The second kappa shape index (κ2) is 10.00. The molecule has 2 fully saturated rings. The van der Waals surface area contributed by atoms with Gasteiger partial charge < -0.3 is 29.9 Å². The SMILES string of the molecule is COC(c1c(F)cc(N2C(=O)OC[C@@H]2CNC(C)=O)cc1F)C1(OP(=O)(O)O)CCNCC1. The van der Waals surface area contributed by atoms with Crippen LogP contribution in [0, 0.1) is 11.6 Å². The number of amides is 2. The molecule has 0 bridgehead atoms. The van der Waals surface area contributed by atoms with Crippen LogP contribution in [0.5, 0.6) is 0 Å². The van der Waals surface area contributed by atoms with Crippen molar-refractivity contribution >= 4 is 25.5 Å². The molecular weight excluding hydrogens is 467 g/mol. The number of phosphoric ester groups is 1. The third kappa shape index (κ3) is 5.68. The Bertz CT molecular complexity index is 930. The number of hydrogen-bond donors (Lipinski definition) is 4. The van der Waals surface area contributed by atoms with E-state index in [4.69, 9.17) is 14.0 Å². The summed E-state index contributed by atoms with van der Waals surface area (Å²) in [7, 11) is -3.87. The van der Waals surface area contributed by atoms with E-state index in [1.807, 2.05) is 0 Å². The van der Waals surface area contributed by atoms with Gasteiger partial charge in [0.1, 0.15) is 29.9 Å². The van der Waals surface area contributed by atoms with E-state index in [1.165, 1.54) is 6.92 Å². The lowest BCUT2D eigenvalue weighted by Gasteiger charge is -2.42. The number of nitrogens with zero attached hydrogens (tertiary/aromatic N) is 1. The molecule has 0 saturated carbocycles. The lowest BCUT2D eigenvalue weighted by Crippen LogP contribution is -2.48. The van der Waals surface area contributed by atoms with Crippen molar-refractivity contribution < 1.29 is 46.7 Å². The van der Waals surface area contributed by atoms with E-state index in [-0.39, 0.29) is 50.7 Å². The summed E-state index contributed by atoms with van der Waals surface area (Å²) in [5.74, 6) is -2.54. The molecule has 0 radical (unpaired) electrons. The predicted molar refractivity (Wildman–Crippen MR) is 110 cm³/mol. The number of anilines is 1. The Morgan fingerprint density at radius 3 is 2.48 bits per heavy atom. The third-order valence-electron chi connectivity index (χ3n) is 5.62. The Labute approximate surface area is 188 Å². The van der Waals surface area contributed by atoms with E-state index in [2.05, 4.69) is 10.6 Å². The monoisotopic (exact) mass is 493 g/mol. The summed E-state index contributed by atoms with van der Waals surface area (Å²) < 4.78 is 57.6. The number of carbonyl (C=O) groups is 2. The molecule has 33 heavy (non-hydrogen) atoms. The second-order valence-corrected chi connectivity index (χ2v) is 9.04. The minimum Gasteiger partial charge on any atom is -0.447 e. The molecule has 1 aromatic carbocycles. The number of methoxy groups -OCH3 is 1. The zero-order valence-electron chi connectivity index (χ0n) is 18.0. The van der Waals surface area contributed by atoms with Crippen molar-refractivity contribution in [3.05, 3.63) is 29.3 Å². The highest BCUT2D eigenvalue weighted by Gasteiger charge is 2.49. The van der Waals surface area contributed by atoms with Crippen molar-refractivity contribution in [3.63, 3.8) is 0 Å². The molecule has 2 amide bonds. The summed E-state index contributed by atoms with van der Waals surface area (Å²) in [6.07, 6.45) is -2.27. The number of phosphoric acid groups is 1. The number of rotatable bonds is 8. The van der Waals surface area contributed by atoms with Crippen LogP contribution < -0.4 is 15.5 Å². The maximum Gasteiger partial charge on any atom is 0.470 e. The van der Waals surface area contributed by atoms with Crippen LogP contribution in [0.4, 0.5) is 19.3 Å². The Morgan fingerprint density at radius 1 is 1.36 bits per heavy atom. The van der Waals surface area contributed by atoms with E-state index in [9.17, 15) is 23.9 Å². The highest BCUT2D eigenvalue weighted by Crippen LogP contribution is 2.51. The average molecular weight is 493 g/mol. The molecule has 184 valence electrons. The molecule has 14 heteroatoms. The summed E-state index contributed by atoms with van der Waals surface area (Å²) >= 11 is 0. The standard InChI is InChI=1S/C19H26F2N3O8P/c1-11(25)23-9-13-10-31-18(26)24(13)12-7-14(20)16(15(21)8-12)17(30-2)19(32-33(27,28)29)3-5-22-6-4-19/h7-8,13,17,22H,3-6,9-10H2,1-2H3,(H,23,25)(H2,27,28,29)/t13-,17?/m0/s1. The van der Waals surface area contributed by atoms with Gasteiger partial charge in [0.15, 0.2) is 0 Å². The van der Waals surface area contributed by atoms with Crippen LogP contribution in [0.25, 0.3) is 0 Å². The summed E-state index contributed by atoms with van der Waals surface area (Å²) in [4.78, 5) is 43.3. The fourth-order valence-electron chi connectivity index (χ4n) is 4.23. The van der Waals surface area contributed by atoms with Crippen molar-refractivity contribution in [1.29, 1.82) is 0 Å². The first kappa shape index (κ1) is 25.5. The zero-order valence-corrected chi connectivity index (χ0v) is 18.9. The Hall–Kier alpha value is -2.15. The Morgan fingerprint density at radius 2 is 1.97 bits per heavy atom. The van der Waals surface area contributed by atoms with Crippen molar-refractivity contribution in [1.82, 2.24) is 10.6 Å². The normalized spacial score (nSPS) is 21.6. The molecule has 2 heterocycles. The average Bonchev–Trinajstić information content (AvgIpc) is 3.08. The minimum atomic E-state index is -5.03. The van der Waals surface area contributed by atoms with Gasteiger partial charge >= 0.3 is 13.9 Å². The van der Waals surface area contributed by atoms with Gasteiger partial charge in [-0.25, -0.2) is 18.1 Å². The first-order valence-electron chi connectivity index (χ1n) is 10.2. The topological polar surface area (TPSA) is 147 Å². The molecule has 0 aliphatic carbocycles. The molecule has 4 N–H and O–H groups in total. The van der Waals surface area contributed by atoms with Gasteiger partial charge in [-0.2, -0.15) is 0 Å². The second-order valence-electron chi connectivity index (χ2n) is 7.87. The van der Waals surface area contributed by atoms with Crippen molar-refractivity contribution in [2.75, 3.05) is 38.3 Å². The lowest BCUT2D eigenvalue weighted by molar-refractivity contribution is -0.119. The zero-order chi connectivity index (χ0) is 24.4. The van der Waals surface area contributed by atoms with Crippen LogP contribution in [0.15, 0.2) is 12.1 Å². The van der Waals surface area contributed by atoms with Gasteiger partial charge in [-0.1, -0.05) is 0 Å². The van der Waals surface area contributed by atoms with Gasteiger partial charge in [0.25, 0.3) is 0 Å². The first-order chi connectivity index (χ1) is 15.5. The number of piperidine rings is 1. The number of halogens is 2. The molecule has 0 spiro atoms. The molecule has 3 rings (SSSR count). The van der Waals surface area contributed by atoms with Gasteiger partial charge in [0, 0.05) is 20.6 Å². The van der Waals surface area contributed by atoms with E-state index in [0.717, 1.165) is 24.1 Å². The highest BCUT2D eigenvalue weighted by molar-refractivity contribution is 7.46. The lowest BCUT2D eigenvalue weighted by atomic mass is 9.82. The van der Waals surface area contributed by atoms with Gasteiger partial charge in [0.2, 0.25) is 5.91 Å². The largest absolute Gasteiger partial charge is 0.470 e. The number of cyclic esters (lactones) is 1. The van der Waals surface area contributed by atoms with Gasteiger partial charge in [-0.3, -0.25) is 14.2 Å². The van der Waals surface area contributed by atoms with Crippen LogP contribution >= 0.6 is 7.82 Å². The minimum absolute atomic E-state index is 0.0129. The van der Waals surface area contributed by atoms with Gasteiger partial charge in [0.05, 0.1) is 17.3 Å². The van der Waals surface area contributed by atoms with E-state index in [1.54, 1.807) is 0 Å². The fraction of sp³-hybridized carbons (Fsp3) is 0.579. The maximum atomic E-state index is 15.3. The van der Waals surface area contributed by atoms with Gasteiger partial charge in [-0.05, 0) is 38.1 Å². The molecule has 2 aliphatic heterocycles. The number of carbonyl (C=O) groups excluding carboxylic acids is 2. The summed E-state index contributed by atoms with van der Waals surface area (Å²) in [6, 6.07) is 1.13. The summed E-state index contributed by atoms with van der Waals surface area (Å²) in [6.45, 7) is 1.78. The van der Waals surface area contributed by atoms with Gasteiger partial charge in [-0.15, -0.1) is 0 Å². The molecule has 11 nitrogen and oxygen atoms in total. The maximum absolute atomic E-state index is 15.3. The summed E-state index contributed by atoms with van der Waals surface area (Å²) in [5, 5.41) is 5.53. The smallest absolute Gasteiger partial charge is 0.447 e. The highest BCUT2D eigenvalue weighted by atomic mass is 31.2. The molecule has 1 aromatic rings. The van der Waals surface area contributed by atoms with Crippen molar-refractivity contribution in [3.8, 4) is 0 Å². The molecule has 2 saturated heterocycles. The number of ether oxygens (including phenoxy) is 2. The van der Waals surface area contributed by atoms with E-state index < -0.39 is 48.9 Å². The number of hydrogen-bond acceptors (Lipinski definition) is 7. The number of benzene rings is 1. The van der Waals surface area contributed by atoms with Crippen molar-refractivity contribution in [2.45, 2.75) is 37.5 Å². The molecule has 0 aromatic heterocycles. The van der Waals surface area contributed by atoms with Crippen molar-refractivity contribution in [2.24, 2.45) is 0 Å². The molecular formula is C19H26F2N3O8P. The first-order valence-corrected chi connectivity index (χ1v) is 11.7. The number of nitrogens with one attached hydrogen (secondary N) is 2. The van der Waals surface area contributed by atoms with Crippen LogP contribution in [0.2, 0.25) is 0 Å².